The average Bonchev–Trinajstić information content (AvgIpc) is 1.58. The van der Waals surface area contributed by atoms with Gasteiger partial charge in [-0.25, -0.2) is 8.78 Å². The number of ether oxygens (including phenoxy) is 1. The molecule has 3 aliphatic heterocycles. The lowest BCUT2D eigenvalue weighted by Crippen LogP contribution is -2.68. The van der Waals surface area contributed by atoms with Crippen LogP contribution >= 0.6 is 0 Å². The fourth-order valence-corrected chi connectivity index (χ4v) is 18.1. The first-order valence-electron chi connectivity index (χ1n) is 39.7. The summed E-state index contributed by atoms with van der Waals surface area (Å²) in [5, 5.41) is 8.49. The fourth-order valence-electron chi connectivity index (χ4n) is 18.1. The molecule has 7 fully saturated rings. The maximum Gasteiger partial charge on any atom is 0.397 e. The molecule has 5 aliphatic carbocycles. The molecule has 2 saturated heterocycles. The number of alkyl halides is 8. The van der Waals surface area contributed by atoms with Crippen molar-refractivity contribution in [2.75, 3.05) is 89.2 Å². The Morgan fingerprint density at radius 1 is 0.609 bits per heavy atom. The zero-order valence-corrected chi connectivity index (χ0v) is 65.8. The predicted octanol–water partition coefficient (Wildman–Crippen LogP) is 6.89. The van der Waals surface area contributed by atoms with Gasteiger partial charge in [0.15, 0.2) is 0 Å². The number of nitrogens with one attached hydrogen (secondary N) is 3. The third kappa shape index (κ3) is 21.2. The molecule has 3 unspecified atom stereocenters. The second-order valence-electron chi connectivity index (χ2n) is 32.9. The molecule has 2 bridgehead atoms. The SMILES string of the molecule is CCO[C@@H]1C[C@H]2C(=O)NC3(CCC3)C(=O)N(C)[C@@H](C3CCCC3)C(=O)N(C)[C@@H](C(=O)N(C)C)CC(=O)N(C)[C@@H](CC3CCCC3)C(=O)N[C@@H]([C@@H](C)CC)C(=O)N(C)CC(=O)N(C)C3C/C=C\CCN(C3=O)[C@@H](CC3CCC(C(F)(F)F)CC3)C(=O)N(C)CC(=O)N[C@@H](CCC3CC(F)C(C(F)(F)F)C(F)C3)C(=O)N2C1. The number of hydrogen-bond donors (Lipinski definition) is 3. The van der Waals surface area contributed by atoms with Crippen LogP contribution in [0.15, 0.2) is 12.2 Å². The second-order valence-corrected chi connectivity index (χ2v) is 32.9. The Morgan fingerprint density at radius 3 is 1.78 bits per heavy atom. The summed E-state index contributed by atoms with van der Waals surface area (Å²) in [6, 6.07) is -11.3. The molecule has 3 N–H and O–H groups in total. The number of nitrogens with zero attached hydrogens (tertiary/aromatic N) is 9. The first kappa shape index (κ1) is 88.3. The van der Waals surface area contributed by atoms with E-state index in [0.29, 0.717) is 38.5 Å². The van der Waals surface area contributed by atoms with Gasteiger partial charge in [0.25, 0.3) is 0 Å². The fraction of sp³-hybridized carbons (Fsp3) is 0.818. The minimum Gasteiger partial charge on any atom is -0.377 e. The Labute approximate surface area is 641 Å². The summed E-state index contributed by atoms with van der Waals surface area (Å²) in [7, 11) is 11.0. The Bertz CT molecular complexity index is 3300. The van der Waals surface area contributed by atoms with Crippen LogP contribution < -0.4 is 16.0 Å². The van der Waals surface area contributed by atoms with Crippen LogP contribution in [0.3, 0.4) is 0 Å². The van der Waals surface area contributed by atoms with E-state index in [4.69, 9.17) is 4.74 Å². The number of hydrogen-bond acceptors (Lipinski definition) is 13. The summed E-state index contributed by atoms with van der Waals surface area (Å²) in [5.41, 5.74) is -1.69. The van der Waals surface area contributed by atoms with Gasteiger partial charge >= 0.3 is 12.4 Å². The second kappa shape index (κ2) is 38.1. The monoisotopic (exact) mass is 1570 g/mol. The number of fused-ring (bicyclic) bond motifs is 3. The van der Waals surface area contributed by atoms with Gasteiger partial charge in [-0.1, -0.05) is 70.9 Å². The van der Waals surface area contributed by atoms with E-state index in [1.807, 2.05) is 0 Å². The van der Waals surface area contributed by atoms with Crippen LogP contribution in [0.25, 0.3) is 0 Å². The van der Waals surface area contributed by atoms with Gasteiger partial charge in [-0.2, -0.15) is 26.3 Å². The highest BCUT2D eigenvalue weighted by Gasteiger charge is 2.56. The predicted molar refractivity (Wildman–Crippen MR) is 388 cm³/mol. The van der Waals surface area contributed by atoms with E-state index in [9.17, 15) is 45.5 Å². The number of halogens is 8. The molecule has 8 rings (SSSR count). The molecule has 1 spiro atoms. The third-order valence-corrected chi connectivity index (χ3v) is 25.2. The van der Waals surface area contributed by atoms with Gasteiger partial charge in [-0.05, 0) is 146 Å². The maximum atomic E-state index is 15.6. The van der Waals surface area contributed by atoms with Gasteiger partial charge in [0.2, 0.25) is 70.9 Å². The van der Waals surface area contributed by atoms with Crippen LogP contribution in [0.1, 0.15) is 188 Å². The lowest BCUT2D eigenvalue weighted by Gasteiger charge is -2.46. The van der Waals surface area contributed by atoms with Crippen molar-refractivity contribution in [1.29, 1.82) is 0 Å². The molecule has 110 heavy (non-hydrogen) atoms. The van der Waals surface area contributed by atoms with E-state index >= 15 is 47.1 Å². The first-order valence-corrected chi connectivity index (χ1v) is 39.7. The van der Waals surface area contributed by atoms with Gasteiger partial charge in [-0.15, -0.1) is 0 Å². The molecule has 0 aromatic heterocycles. The highest BCUT2D eigenvalue weighted by molar-refractivity contribution is 6.01. The Morgan fingerprint density at radius 2 is 1.21 bits per heavy atom. The number of rotatable bonds is 13. The average molecular weight is 1570 g/mol. The molecule has 33 heteroatoms. The van der Waals surface area contributed by atoms with Crippen molar-refractivity contribution in [3.8, 4) is 0 Å². The Hall–Kier alpha value is -7.22. The molecule has 12 amide bonds. The van der Waals surface area contributed by atoms with Crippen molar-refractivity contribution in [2.45, 2.75) is 272 Å². The van der Waals surface area contributed by atoms with E-state index in [1.54, 1.807) is 32.9 Å². The highest BCUT2D eigenvalue weighted by atomic mass is 19.4. The molecule has 3 heterocycles. The van der Waals surface area contributed by atoms with Crippen LogP contribution in [0.4, 0.5) is 35.1 Å². The molecular formula is C77H118F8N12O13. The Balaban J connectivity index is 1.20. The highest BCUT2D eigenvalue weighted by Crippen LogP contribution is 2.46. The van der Waals surface area contributed by atoms with Crippen LogP contribution in [0.5, 0.6) is 0 Å². The minimum absolute atomic E-state index is 0.00230. The molecule has 0 aromatic carbocycles. The van der Waals surface area contributed by atoms with Crippen molar-refractivity contribution >= 4 is 70.9 Å². The first-order chi connectivity index (χ1) is 51.7. The van der Waals surface area contributed by atoms with Gasteiger partial charge in [0, 0.05) is 82.5 Å². The van der Waals surface area contributed by atoms with Crippen molar-refractivity contribution in [2.24, 2.45) is 41.4 Å². The van der Waals surface area contributed by atoms with E-state index in [2.05, 4.69) is 16.0 Å². The number of amides is 12. The summed E-state index contributed by atoms with van der Waals surface area (Å²) < 4.78 is 121. The molecule has 8 aliphatic rings. The zero-order valence-electron chi connectivity index (χ0n) is 65.8. The zero-order chi connectivity index (χ0) is 81.2. The van der Waals surface area contributed by atoms with E-state index < -0.39 is 230 Å². The van der Waals surface area contributed by atoms with Crippen molar-refractivity contribution < 1.29 is 97.4 Å². The van der Waals surface area contributed by atoms with Crippen LogP contribution in [-0.2, 0) is 62.3 Å². The molecule has 12 atom stereocenters. The normalized spacial score (nSPS) is 32.5. The van der Waals surface area contributed by atoms with Crippen LogP contribution in [-0.4, -0.2) is 289 Å². The van der Waals surface area contributed by atoms with Crippen molar-refractivity contribution in [1.82, 2.24) is 60.0 Å². The van der Waals surface area contributed by atoms with Gasteiger partial charge in [0.05, 0.1) is 31.5 Å². The van der Waals surface area contributed by atoms with Gasteiger partial charge in [-0.3, -0.25) is 57.5 Å². The van der Waals surface area contributed by atoms with E-state index in [0.717, 1.165) is 50.2 Å². The maximum absolute atomic E-state index is 15.6. The van der Waals surface area contributed by atoms with E-state index in [-0.39, 0.29) is 103 Å². The van der Waals surface area contributed by atoms with Crippen molar-refractivity contribution in [3.05, 3.63) is 12.2 Å². The molecule has 0 radical (unpaired) electrons. The standard InChI is InChI=1S/C77H118F8N12O13/c1-12-45(3)64-72(107)91(7)44-62(100)92(8)55-26-15-14-20-35-96(71(55)106)59(39-47-27-30-50(31-28-47)76(80,81)82)70(105)90(6)43-60(98)86-54(32-29-48-36-52(78)63(53(79)37-48)77(83,84)85)68(103)97-42-51(110-13-2)40-57(97)67(102)88-75(33-21-34-75)74(109)95(11)65(49-24-18-19-25-49)73(108)94(10)58(69(104)89(4)5)41-61(99)93(9)56(66(101)87-64)38-46-22-16-17-23-46/h14-15,45-59,63-65H,12-13,16-44H2,1-11H3,(H,86,98)(H,87,101)(H,88,102)/b15-14-/t45-,47?,48?,50?,51+,52?,53?,54-,55?,56-,57-,58+,59-,63?,64-,65-/m0/s1. The van der Waals surface area contributed by atoms with Gasteiger partial charge in [0.1, 0.15) is 72.1 Å². The number of carbonyl (C=O) groups excluding carboxylic acids is 12. The molecule has 5 saturated carbocycles. The van der Waals surface area contributed by atoms with Crippen LogP contribution in [0, 0.1) is 41.4 Å². The number of carbonyl (C=O) groups is 12. The molecular weight excluding hydrogens is 1450 g/mol. The summed E-state index contributed by atoms with van der Waals surface area (Å²) in [6.45, 7) is 3.30. The summed E-state index contributed by atoms with van der Waals surface area (Å²) in [4.78, 5) is 192. The lowest BCUT2D eigenvalue weighted by molar-refractivity contribution is -0.219. The quantitative estimate of drug-likeness (QED) is 0.125. The minimum atomic E-state index is -5.22. The van der Waals surface area contributed by atoms with Gasteiger partial charge < -0.3 is 64.8 Å². The van der Waals surface area contributed by atoms with Crippen LogP contribution in [0.2, 0.25) is 0 Å². The lowest BCUT2D eigenvalue weighted by atomic mass is 9.74. The third-order valence-electron chi connectivity index (χ3n) is 25.2. The van der Waals surface area contributed by atoms with E-state index in [1.165, 1.54) is 76.0 Å². The molecule has 25 nitrogen and oxygen atoms in total. The largest absolute Gasteiger partial charge is 0.397 e. The molecule has 620 valence electrons. The summed E-state index contributed by atoms with van der Waals surface area (Å²) in [6.07, 6.45) is -9.79. The Kier molecular flexibility index (Phi) is 30.6. The topological polar surface area (TPSA) is 279 Å². The summed E-state index contributed by atoms with van der Waals surface area (Å²) >= 11 is 0. The summed E-state index contributed by atoms with van der Waals surface area (Å²) in [5.74, 6) is -16.6. The van der Waals surface area contributed by atoms with Crippen molar-refractivity contribution in [3.63, 3.8) is 0 Å². The molecule has 0 aromatic rings. The number of likely N-dealkylation sites (N-methyl/N-ethyl adjacent to an activating group) is 7. The smallest absolute Gasteiger partial charge is 0.377 e.